The van der Waals surface area contributed by atoms with E-state index in [1.54, 1.807) is 0 Å². The van der Waals surface area contributed by atoms with Gasteiger partial charge in [0.15, 0.2) is 0 Å². The van der Waals surface area contributed by atoms with Gasteiger partial charge in [-0.2, -0.15) is 0 Å². The van der Waals surface area contributed by atoms with Crippen LogP contribution in [0.3, 0.4) is 0 Å². The summed E-state index contributed by atoms with van der Waals surface area (Å²) in [5, 5.41) is 14.6. The quantitative estimate of drug-likeness (QED) is 0.486. The molecule has 1 atom stereocenters. The van der Waals surface area contributed by atoms with Gasteiger partial charge in [-0.15, -0.1) is 0 Å². The van der Waals surface area contributed by atoms with Crippen LogP contribution in [-0.2, 0) is 14.3 Å². The minimum Gasteiger partial charge on any atom is -0.481 e. The predicted octanol–water partition coefficient (Wildman–Crippen LogP) is 4.31. The van der Waals surface area contributed by atoms with Crippen LogP contribution in [0.4, 0.5) is 4.79 Å². The molecule has 0 bridgehead atoms. The third-order valence-corrected chi connectivity index (χ3v) is 6.97. The molecule has 0 spiro atoms. The molecule has 2 aromatic carbocycles. The smallest absolute Gasteiger partial charge is 0.407 e. The molecule has 2 amide bonds. The standard InChI is InChI=1S/C27H32N2O5/c1-17(10-11-25(30)29-19-14-18(15-19)26(31)32)12-13-28-27(33)34-16-24-22-8-4-2-6-20(22)21-7-3-5-9-23(21)24/h2-9,17-19,24H,10-16H2,1H3,(H,28,33)(H,29,30)(H,31,32). The van der Waals surface area contributed by atoms with Crippen LogP contribution in [-0.4, -0.2) is 42.3 Å². The molecule has 1 fully saturated rings. The second-order valence-electron chi connectivity index (χ2n) is 9.46. The molecule has 0 aliphatic heterocycles. The van der Waals surface area contributed by atoms with E-state index in [1.165, 1.54) is 22.3 Å². The summed E-state index contributed by atoms with van der Waals surface area (Å²) in [5.74, 6) is -0.841. The first-order valence-corrected chi connectivity index (χ1v) is 12.0. The number of ether oxygens (including phenoxy) is 1. The Morgan fingerprint density at radius 1 is 1.00 bits per heavy atom. The third kappa shape index (κ3) is 5.58. The topological polar surface area (TPSA) is 105 Å². The Hall–Kier alpha value is -3.35. The van der Waals surface area contributed by atoms with E-state index >= 15 is 0 Å². The molecule has 2 aromatic rings. The lowest BCUT2D eigenvalue weighted by atomic mass is 9.80. The lowest BCUT2D eigenvalue weighted by Crippen LogP contribution is -2.46. The molecule has 7 heteroatoms. The molecule has 0 aromatic heterocycles. The van der Waals surface area contributed by atoms with Crippen LogP contribution in [0.2, 0.25) is 0 Å². The van der Waals surface area contributed by atoms with Crippen LogP contribution < -0.4 is 10.6 Å². The van der Waals surface area contributed by atoms with Crippen molar-refractivity contribution < 1.29 is 24.2 Å². The summed E-state index contributed by atoms with van der Waals surface area (Å²) in [6.07, 6.45) is 2.47. The zero-order chi connectivity index (χ0) is 24.1. The summed E-state index contributed by atoms with van der Waals surface area (Å²) < 4.78 is 5.55. The lowest BCUT2D eigenvalue weighted by Gasteiger charge is -2.32. The maximum atomic E-state index is 12.3. The molecular formula is C27H32N2O5. The van der Waals surface area contributed by atoms with Gasteiger partial charge >= 0.3 is 12.1 Å². The van der Waals surface area contributed by atoms with Gasteiger partial charge in [0.25, 0.3) is 0 Å². The summed E-state index contributed by atoms with van der Waals surface area (Å²) >= 11 is 0. The molecule has 3 N–H and O–H groups in total. The Balaban J connectivity index is 1.13. The van der Waals surface area contributed by atoms with Crippen molar-refractivity contribution in [2.75, 3.05) is 13.2 Å². The van der Waals surface area contributed by atoms with Crippen molar-refractivity contribution in [3.8, 4) is 11.1 Å². The Morgan fingerprint density at radius 2 is 1.62 bits per heavy atom. The molecule has 4 rings (SSSR count). The number of carbonyl (C=O) groups excluding carboxylic acids is 2. The van der Waals surface area contributed by atoms with Gasteiger partial charge in [0, 0.05) is 24.9 Å². The molecule has 1 saturated carbocycles. The first-order chi connectivity index (χ1) is 16.4. The van der Waals surface area contributed by atoms with E-state index in [9.17, 15) is 14.4 Å². The van der Waals surface area contributed by atoms with Crippen molar-refractivity contribution in [3.05, 3.63) is 59.7 Å². The Morgan fingerprint density at radius 3 is 2.24 bits per heavy atom. The number of fused-ring (bicyclic) bond motifs is 3. The minimum atomic E-state index is -0.789. The van der Waals surface area contributed by atoms with Gasteiger partial charge in [-0.05, 0) is 53.9 Å². The molecule has 34 heavy (non-hydrogen) atoms. The average Bonchev–Trinajstić information content (AvgIpc) is 3.12. The first-order valence-electron chi connectivity index (χ1n) is 12.0. The van der Waals surface area contributed by atoms with Crippen molar-refractivity contribution >= 4 is 18.0 Å². The normalized spacial score (nSPS) is 19.3. The van der Waals surface area contributed by atoms with E-state index in [2.05, 4.69) is 41.8 Å². The van der Waals surface area contributed by atoms with E-state index in [4.69, 9.17) is 9.84 Å². The summed E-state index contributed by atoms with van der Waals surface area (Å²) in [4.78, 5) is 35.1. The van der Waals surface area contributed by atoms with Gasteiger partial charge in [0.2, 0.25) is 5.91 Å². The highest BCUT2D eigenvalue weighted by atomic mass is 16.5. The van der Waals surface area contributed by atoms with Crippen molar-refractivity contribution in [1.82, 2.24) is 10.6 Å². The summed E-state index contributed by atoms with van der Waals surface area (Å²) in [7, 11) is 0. The van der Waals surface area contributed by atoms with E-state index in [1.807, 2.05) is 24.3 Å². The van der Waals surface area contributed by atoms with Crippen LogP contribution in [0.1, 0.15) is 56.1 Å². The number of carbonyl (C=O) groups is 3. The fraction of sp³-hybridized carbons (Fsp3) is 0.444. The molecular weight excluding hydrogens is 432 g/mol. The molecule has 0 saturated heterocycles. The van der Waals surface area contributed by atoms with Gasteiger partial charge in [0.05, 0.1) is 5.92 Å². The molecule has 180 valence electrons. The fourth-order valence-electron chi connectivity index (χ4n) is 4.83. The van der Waals surface area contributed by atoms with Crippen LogP contribution in [0.15, 0.2) is 48.5 Å². The number of carboxylic acids is 1. The molecule has 0 heterocycles. The number of alkyl carbamates (subject to hydrolysis) is 1. The van der Waals surface area contributed by atoms with E-state index < -0.39 is 12.1 Å². The number of rotatable bonds is 10. The number of hydrogen-bond donors (Lipinski definition) is 3. The van der Waals surface area contributed by atoms with Crippen LogP contribution in [0.5, 0.6) is 0 Å². The zero-order valence-corrected chi connectivity index (χ0v) is 19.5. The SMILES string of the molecule is CC(CCNC(=O)OCC1c2ccccc2-c2ccccc21)CCC(=O)NC1CC(C(=O)O)C1. The maximum absolute atomic E-state index is 12.3. The maximum Gasteiger partial charge on any atom is 0.407 e. The van der Waals surface area contributed by atoms with Gasteiger partial charge < -0.3 is 20.5 Å². The van der Waals surface area contributed by atoms with Crippen molar-refractivity contribution in [1.29, 1.82) is 0 Å². The zero-order valence-electron chi connectivity index (χ0n) is 19.5. The second kappa shape index (κ2) is 10.7. The Labute approximate surface area is 199 Å². The van der Waals surface area contributed by atoms with Crippen LogP contribution in [0, 0.1) is 11.8 Å². The first kappa shape index (κ1) is 23.8. The predicted molar refractivity (Wildman–Crippen MR) is 128 cm³/mol. The van der Waals surface area contributed by atoms with E-state index in [0.717, 1.165) is 6.42 Å². The molecule has 1 unspecified atom stereocenters. The summed E-state index contributed by atoms with van der Waals surface area (Å²) in [5.41, 5.74) is 4.76. The second-order valence-corrected chi connectivity index (χ2v) is 9.46. The highest BCUT2D eigenvalue weighted by Crippen LogP contribution is 2.44. The van der Waals surface area contributed by atoms with Crippen LogP contribution >= 0.6 is 0 Å². The number of nitrogens with one attached hydrogen (secondary N) is 2. The highest BCUT2D eigenvalue weighted by Gasteiger charge is 2.35. The van der Waals surface area contributed by atoms with Gasteiger partial charge in [0.1, 0.15) is 6.61 Å². The largest absolute Gasteiger partial charge is 0.481 e. The number of amides is 2. The molecule has 7 nitrogen and oxygen atoms in total. The molecule has 2 aliphatic carbocycles. The minimum absolute atomic E-state index is 0.0147. The molecule has 0 radical (unpaired) electrons. The number of hydrogen-bond acceptors (Lipinski definition) is 4. The van der Waals surface area contributed by atoms with Crippen LogP contribution in [0.25, 0.3) is 11.1 Å². The highest BCUT2D eigenvalue weighted by molar-refractivity contribution is 5.79. The fourth-order valence-corrected chi connectivity index (χ4v) is 4.83. The van der Waals surface area contributed by atoms with Crippen molar-refractivity contribution in [2.24, 2.45) is 11.8 Å². The Kier molecular flexibility index (Phi) is 7.50. The van der Waals surface area contributed by atoms with Crippen molar-refractivity contribution in [3.63, 3.8) is 0 Å². The number of carboxylic acid groups (broad SMARTS) is 1. The van der Waals surface area contributed by atoms with Gasteiger partial charge in [-0.25, -0.2) is 4.79 Å². The van der Waals surface area contributed by atoms with E-state index in [-0.39, 0.29) is 29.7 Å². The lowest BCUT2D eigenvalue weighted by molar-refractivity contribution is -0.146. The monoisotopic (exact) mass is 464 g/mol. The third-order valence-electron chi connectivity index (χ3n) is 6.97. The Bertz CT molecular complexity index is 1000. The van der Waals surface area contributed by atoms with Gasteiger partial charge in [-0.1, -0.05) is 55.5 Å². The average molecular weight is 465 g/mol. The summed E-state index contributed by atoms with van der Waals surface area (Å²) in [6, 6.07) is 16.5. The summed E-state index contributed by atoms with van der Waals surface area (Å²) in [6.45, 7) is 2.83. The van der Waals surface area contributed by atoms with Gasteiger partial charge in [-0.3, -0.25) is 9.59 Å². The number of aliphatic carboxylic acids is 1. The molecule has 2 aliphatic rings. The van der Waals surface area contributed by atoms with Crippen molar-refractivity contribution in [2.45, 2.75) is 51.0 Å². The number of benzene rings is 2. The van der Waals surface area contributed by atoms with E-state index in [0.29, 0.717) is 38.8 Å².